The largest absolute Gasteiger partial charge is 0.379 e. The molecule has 2 aromatic rings. The van der Waals surface area contributed by atoms with E-state index in [2.05, 4.69) is 13.8 Å². The van der Waals surface area contributed by atoms with E-state index >= 15 is 0 Å². The van der Waals surface area contributed by atoms with Gasteiger partial charge in [0.15, 0.2) is 0 Å². The lowest BCUT2D eigenvalue weighted by molar-refractivity contribution is 0.478. The predicted octanol–water partition coefficient (Wildman–Crippen LogP) is 4.65. The molecule has 0 amide bonds. The van der Waals surface area contributed by atoms with Crippen LogP contribution in [0.1, 0.15) is 62.6 Å². The fraction of sp³-hybridized carbons (Fsp3) is 0.400. The van der Waals surface area contributed by atoms with E-state index in [1.165, 1.54) is 31.2 Å². The van der Waals surface area contributed by atoms with Crippen LogP contribution in [0.3, 0.4) is 0 Å². The molecule has 28 heavy (non-hydrogen) atoms. The highest BCUT2D eigenvalue weighted by molar-refractivity contribution is 7.87. The molecule has 2 aromatic carbocycles. The minimum atomic E-state index is -4.43. The highest BCUT2D eigenvalue weighted by atomic mass is 32.2. The quantitative estimate of drug-likeness (QED) is 0.511. The Kier molecular flexibility index (Phi) is 6.58. The molecule has 1 atom stereocenters. The molecule has 0 aliphatic carbocycles. The molecule has 0 aliphatic rings. The smallest absolute Gasteiger partial charge is 0.339 e. The summed E-state index contributed by atoms with van der Waals surface area (Å²) in [6.45, 7) is 9.13. The molecule has 0 radical (unpaired) electrons. The fourth-order valence-corrected chi connectivity index (χ4v) is 4.71. The van der Waals surface area contributed by atoms with Gasteiger partial charge >= 0.3 is 10.1 Å². The Morgan fingerprint density at radius 1 is 1.00 bits per heavy atom. The Morgan fingerprint density at radius 2 is 1.57 bits per heavy atom. The predicted molar refractivity (Wildman–Crippen MR) is 108 cm³/mol. The van der Waals surface area contributed by atoms with Crippen LogP contribution in [0.2, 0.25) is 0 Å². The van der Waals surface area contributed by atoms with Crippen molar-refractivity contribution in [3.63, 3.8) is 0 Å². The zero-order valence-corrected chi connectivity index (χ0v) is 18.3. The lowest BCUT2D eigenvalue weighted by Crippen LogP contribution is -2.12. The van der Waals surface area contributed by atoms with E-state index in [1.807, 2.05) is 0 Å². The van der Waals surface area contributed by atoms with Crippen LogP contribution < -0.4 is 4.18 Å². The van der Waals surface area contributed by atoms with Gasteiger partial charge in [0.05, 0.1) is 4.90 Å². The van der Waals surface area contributed by atoms with E-state index < -0.39 is 20.2 Å². The van der Waals surface area contributed by atoms with Crippen LogP contribution in [0.25, 0.3) is 0 Å². The third kappa shape index (κ3) is 4.92. The van der Waals surface area contributed by atoms with E-state index in [-0.39, 0.29) is 32.6 Å². The van der Waals surface area contributed by atoms with Gasteiger partial charge in [-0.1, -0.05) is 39.8 Å². The van der Waals surface area contributed by atoms with Gasteiger partial charge in [0.25, 0.3) is 10.1 Å². The van der Waals surface area contributed by atoms with Gasteiger partial charge in [0, 0.05) is 0 Å². The first-order valence-electron chi connectivity index (χ1n) is 9.03. The van der Waals surface area contributed by atoms with Gasteiger partial charge in [-0.2, -0.15) is 16.8 Å². The van der Waals surface area contributed by atoms with Gasteiger partial charge in [0.1, 0.15) is 10.6 Å². The summed E-state index contributed by atoms with van der Waals surface area (Å²) >= 11 is 0. The minimum absolute atomic E-state index is 0.0175. The molecular weight excluding hydrogens is 400 g/mol. The molecule has 1 unspecified atom stereocenters. The molecule has 0 bridgehead atoms. The Bertz CT molecular complexity index is 1050. The van der Waals surface area contributed by atoms with Crippen molar-refractivity contribution in [3.05, 3.63) is 53.1 Å². The minimum Gasteiger partial charge on any atom is -0.379 e. The molecule has 6 nitrogen and oxygen atoms in total. The Balaban J connectivity index is 2.45. The summed E-state index contributed by atoms with van der Waals surface area (Å²) in [4.78, 5) is -0.230. The second kappa shape index (κ2) is 8.23. The number of rotatable bonds is 7. The first-order valence-corrected chi connectivity index (χ1v) is 11.9. The fourth-order valence-electron chi connectivity index (χ4n) is 2.81. The van der Waals surface area contributed by atoms with Crippen molar-refractivity contribution in [2.45, 2.75) is 62.7 Å². The number of aryl methyl sites for hydroxylation is 1. The molecule has 0 aliphatic heterocycles. The van der Waals surface area contributed by atoms with Crippen molar-refractivity contribution in [2.75, 3.05) is 0 Å². The first kappa shape index (κ1) is 22.4. The maximum Gasteiger partial charge on any atom is 0.339 e. The van der Waals surface area contributed by atoms with Crippen molar-refractivity contribution >= 4 is 20.2 Å². The van der Waals surface area contributed by atoms with Gasteiger partial charge in [0.2, 0.25) is 0 Å². The van der Waals surface area contributed by atoms with Crippen LogP contribution in [0.4, 0.5) is 0 Å². The molecule has 154 valence electrons. The van der Waals surface area contributed by atoms with Crippen molar-refractivity contribution in [1.82, 2.24) is 0 Å². The molecule has 0 saturated heterocycles. The van der Waals surface area contributed by atoms with Crippen LogP contribution >= 0.6 is 0 Å². The van der Waals surface area contributed by atoms with Gasteiger partial charge in [-0.05, 0) is 66.1 Å². The van der Waals surface area contributed by atoms with Gasteiger partial charge < -0.3 is 4.18 Å². The lowest BCUT2D eigenvalue weighted by Gasteiger charge is -2.16. The summed E-state index contributed by atoms with van der Waals surface area (Å²) in [6.07, 6.45) is 0.944. The summed E-state index contributed by atoms with van der Waals surface area (Å²) in [5.41, 5.74) is 1.61. The van der Waals surface area contributed by atoms with Crippen molar-refractivity contribution in [2.24, 2.45) is 0 Å². The van der Waals surface area contributed by atoms with E-state index in [0.717, 1.165) is 12.0 Å². The molecule has 0 aromatic heterocycles. The van der Waals surface area contributed by atoms with Crippen LogP contribution in [-0.2, 0) is 20.2 Å². The molecule has 0 saturated carbocycles. The van der Waals surface area contributed by atoms with E-state index in [1.54, 1.807) is 26.0 Å². The van der Waals surface area contributed by atoms with Crippen LogP contribution in [0.15, 0.2) is 46.2 Å². The van der Waals surface area contributed by atoms with Crippen LogP contribution in [0, 0.1) is 6.92 Å². The summed E-state index contributed by atoms with van der Waals surface area (Å²) in [5, 5.41) is 0. The molecule has 0 heterocycles. The summed E-state index contributed by atoms with van der Waals surface area (Å²) in [5.74, 6) is 0.0842. The standard InChI is InChI=1S/C20H26O6S2/c1-6-14(4)16-7-9-17(10-8-16)28(24,25)26-19-12-18(13(2)3)20(11-15(19)5)27(21,22)23/h7-14H,6H2,1-5H3,(H,21,22,23). The van der Waals surface area contributed by atoms with Gasteiger partial charge in [-0.3, -0.25) is 4.55 Å². The number of hydrogen-bond acceptors (Lipinski definition) is 5. The average molecular weight is 427 g/mol. The van der Waals surface area contributed by atoms with Gasteiger partial charge in [-0.15, -0.1) is 0 Å². The monoisotopic (exact) mass is 426 g/mol. The topological polar surface area (TPSA) is 97.7 Å². The van der Waals surface area contributed by atoms with Crippen molar-refractivity contribution in [3.8, 4) is 5.75 Å². The average Bonchev–Trinajstić information content (AvgIpc) is 2.61. The number of benzene rings is 2. The Labute approximate surface area is 167 Å². The van der Waals surface area contributed by atoms with Crippen LogP contribution in [-0.4, -0.2) is 21.4 Å². The normalized spacial score (nSPS) is 13.5. The third-order valence-electron chi connectivity index (χ3n) is 4.76. The first-order chi connectivity index (χ1) is 12.9. The van der Waals surface area contributed by atoms with Gasteiger partial charge in [-0.25, -0.2) is 0 Å². The SMILES string of the molecule is CCC(C)c1ccc(S(=O)(=O)Oc2cc(C(C)C)c(S(=O)(=O)O)cc2C)cc1. The lowest BCUT2D eigenvalue weighted by atomic mass is 9.99. The van der Waals surface area contributed by atoms with E-state index in [9.17, 15) is 21.4 Å². The zero-order valence-electron chi connectivity index (χ0n) is 16.6. The highest BCUT2D eigenvalue weighted by Crippen LogP contribution is 2.33. The molecule has 1 N–H and O–H groups in total. The second-order valence-corrected chi connectivity index (χ2v) is 10.1. The second-order valence-electron chi connectivity index (χ2n) is 7.20. The Hall–Kier alpha value is -1.90. The van der Waals surface area contributed by atoms with Crippen molar-refractivity contribution in [1.29, 1.82) is 0 Å². The summed E-state index contributed by atoms with van der Waals surface area (Å²) < 4.78 is 63.4. The maximum atomic E-state index is 12.7. The molecular formula is C20H26O6S2. The van der Waals surface area contributed by atoms with E-state index in [4.69, 9.17) is 4.18 Å². The summed E-state index contributed by atoms with van der Waals surface area (Å²) in [7, 11) is -8.52. The number of hydrogen-bond donors (Lipinski definition) is 1. The third-order valence-corrected chi connectivity index (χ3v) is 6.91. The Morgan fingerprint density at radius 3 is 2.04 bits per heavy atom. The highest BCUT2D eigenvalue weighted by Gasteiger charge is 2.23. The van der Waals surface area contributed by atoms with Crippen LogP contribution in [0.5, 0.6) is 5.75 Å². The zero-order chi connectivity index (χ0) is 21.3. The molecule has 0 spiro atoms. The summed E-state index contributed by atoms with van der Waals surface area (Å²) in [6, 6.07) is 9.11. The van der Waals surface area contributed by atoms with Crippen molar-refractivity contribution < 1.29 is 25.6 Å². The maximum absolute atomic E-state index is 12.7. The molecule has 2 rings (SSSR count). The van der Waals surface area contributed by atoms with E-state index in [0.29, 0.717) is 5.92 Å². The molecule has 8 heteroatoms. The molecule has 0 fully saturated rings.